The van der Waals surface area contributed by atoms with Crippen LogP contribution in [0.4, 0.5) is 0 Å². The minimum absolute atomic E-state index is 0.0337. The molecule has 0 spiro atoms. The van der Waals surface area contributed by atoms with Crippen LogP contribution in [0.2, 0.25) is 0 Å². The third-order valence-electron chi connectivity index (χ3n) is 7.21. The monoisotopic (exact) mass is 464 g/mol. The maximum atomic E-state index is 13.7. The minimum atomic E-state index is -0.185. The number of allylic oxidation sites excluding steroid dienone is 2. The van der Waals surface area contributed by atoms with E-state index in [4.69, 9.17) is 0 Å². The van der Waals surface area contributed by atoms with E-state index in [1.807, 2.05) is 18.2 Å². The van der Waals surface area contributed by atoms with Gasteiger partial charge < -0.3 is 9.80 Å². The van der Waals surface area contributed by atoms with Gasteiger partial charge in [0, 0.05) is 60.9 Å². The fourth-order valence-corrected chi connectivity index (χ4v) is 5.03. The van der Waals surface area contributed by atoms with Gasteiger partial charge in [0.2, 0.25) is 0 Å². The number of ketones is 2. The van der Waals surface area contributed by atoms with Crippen molar-refractivity contribution in [3.8, 4) is 0 Å². The number of carbonyl (C=O) groups excluding carboxylic acids is 2. The Morgan fingerprint density at radius 2 is 1.15 bits per heavy atom. The van der Waals surface area contributed by atoms with Crippen LogP contribution in [0.3, 0.4) is 0 Å². The number of Topliss-reactive ketones (excluding diaryl/α,β-unsaturated/α-hetero) is 2. The van der Waals surface area contributed by atoms with E-state index in [-0.39, 0.29) is 22.4 Å². The zero-order chi connectivity index (χ0) is 25.3. The van der Waals surface area contributed by atoms with Crippen LogP contribution in [0, 0.1) is 22.7 Å². The fraction of sp³-hybridized carbons (Fsp3) is 0.600. The normalized spacial score (nSPS) is 19.8. The molecule has 0 radical (unpaired) electrons. The topological polar surface area (TPSA) is 40.6 Å². The van der Waals surface area contributed by atoms with Crippen LogP contribution in [0.5, 0.6) is 0 Å². The van der Waals surface area contributed by atoms with E-state index in [9.17, 15) is 9.59 Å². The van der Waals surface area contributed by atoms with Gasteiger partial charge in [-0.05, 0) is 41.6 Å². The molecule has 2 aliphatic heterocycles. The zero-order valence-corrected chi connectivity index (χ0v) is 22.6. The average Bonchev–Trinajstić information content (AvgIpc) is 2.74. The van der Waals surface area contributed by atoms with Gasteiger partial charge in [-0.15, -0.1) is 0 Å². The Kier molecular flexibility index (Phi) is 7.79. The van der Waals surface area contributed by atoms with Gasteiger partial charge in [0.25, 0.3) is 0 Å². The molecule has 0 amide bonds. The van der Waals surface area contributed by atoms with E-state index >= 15 is 0 Å². The lowest BCUT2D eigenvalue weighted by Gasteiger charge is -2.38. The largest absolute Gasteiger partial charge is 0.377 e. The molecule has 2 aliphatic rings. The lowest BCUT2D eigenvalue weighted by atomic mass is 9.75. The van der Waals surface area contributed by atoms with E-state index in [1.165, 1.54) is 0 Å². The molecule has 0 N–H and O–H groups in total. The number of benzene rings is 1. The van der Waals surface area contributed by atoms with Crippen LogP contribution >= 0.6 is 0 Å². The highest BCUT2D eigenvalue weighted by molar-refractivity contribution is 6.13. The summed E-state index contributed by atoms with van der Waals surface area (Å²) in [7, 11) is 0. The lowest BCUT2D eigenvalue weighted by Crippen LogP contribution is -2.37. The summed E-state index contributed by atoms with van der Waals surface area (Å²) < 4.78 is 0. The van der Waals surface area contributed by atoms with Gasteiger partial charge in [-0.1, -0.05) is 73.6 Å². The Balaban J connectivity index is 1.92. The summed E-state index contributed by atoms with van der Waals surface area (Å²) in [6.45, 7) is 21.2. The molecule has 2 heterocycles. The Morgan fingerprint density at radius 1 is 0.765 bits per heavy atom. The molecule has 4 heteroatoms. The summed E-state index contributed by atoms with van der Waals surface area (Å²) in [6.07, 6.45) is 6.03. The van der Waals surface area contributed by atoms with Crippen LogP contribution in [0.15, 0.2) is 47.8 Å². The Hall–Kier alpha value is -2.36. The predicted molar refractivity (Wildman–Crippen MR) is 141 cm³/mol. The van der Waals surface area contributed by atoms with Crippen molar-refractivity contribution in [2.75, 3.05) is 26.2 Å². The van der Waals surface area contributed by atoms with Crippen molar-refractivity contribution in [2.45, 2.75) is 68.2 Å². The molecule has 0 bridgehead atoms. The molecule has 0 unspecified atom stereocenters. The second-order valence-electron chi connectivity index (χ2n) is 12.4. The highest BCUT2D eigenvalue weighted by atomic mass is 16.1. The van der Waals surface area contributed by atoms with Gasteiger partial charge in [-0.3, -0.25) is 9.59 Å². The average molecular weight is 465 g/mol. The molecule has 0 fully saturated rings. The van der Waals surface area contributed by atoms with Crippen molar-refractivity contribution in [2.24, 2.45) is 22.7 Å². The van der Waals surface area contributed by atoms with Gasteiger partial charge in [0.05, 0.1) is 0 Å². The van der Waals surface area contributed by atoms with Crippen molar-refractivity contribution in [1.29, 1.82) is 0 Å². The first-order valence-corrected chi connectivity index (χ1v) is 12.9. The first-order chi connectivity index (χ1) is 15.8. The molecular weight excluding hydrogens is 420 g/mol. The van der Waals surface area contributed by atoms with Crippen LogP contribution in [-0.2, 0) is 0 Å². The smallest absolute Gasteiger partial charge is 0.191 e. The van der Waals surface area contributed by atoms with Gasteiger partial charge in [-0.2, -0.15) is 0 Å². The van der Waals surface area contributed by atoms with Gasteiger partial charge in [0.1, 0.15) is 0 Å². The molecule has 34 heavy (non-hydrogen) atoms. The molecule has 0 saturated heterocycles. The highest BCUT2D eigenvalue weighted by Gasteiger charge is 2.35. The molecule has 4 nitrogen and oxygen atoms in total. The lowest BCUT2D eigenvalue weighted by molar-refractivity contribution is 0.0985. The summed E-state index contributed by atoms with van der Waals surface area (Å²) in [5.41, 5.74) is 2.51. The SMILES string of the molecule is CC(C)CN1C=C(C(=O)c2cccc(C(=O)C3=CN(CC(C)C)CCC3(C)C)c2)C(C)(C)CC1. The molecule has 0 atom stereocenters. The zero-order valence-electron chi connectivity index (χ0n) is 22.6. The molecule has 0 aliphatic carbocycles. The minimum Gasteiger partial charge on any atom is -0.377 e. The van der Waals surface area contributed by atoms with Crippen LogP contribution in [0.1, 0.15) is 88.9 Å². The molecular formula is C30H44N2O2. The molecule has 0 aromatic heterocycles. The molecule has 0 saturated carbocycles. The van der Waals surface area contributed by atoms with Crippen molar-refractivity contribution >= 4 is 11.6 Å². The van der Waals surface area contributed by atoms with E-state index in [2.05, 4.69) is 77.6 Å². The summed E-state index contributed by atoms with van der Waals surface area (Å²) in [4.78, 5) is 31.9. The number of hydrogen-bond donors (Lipinski definition) is 0. The second-order valence-corrected chi connectivity index (χ2v) is 12.4. The number of hydrogen-bond acceptors (Lipinski definition) is 4. The van der Waals surface area contributed by atoms with Gasteiger partial charge in [-0.25, -0.2) is 0 Å². The number of nitrogens with zero attached hydrogens (tertiary/aromatic N) is 2. The van der Waals surface area contributed by atoms with Crippen LogP contribution < -0.4 is 0 Å². The van der Waals surface area contributed by atoms with E-state index in [0.717, 1.165) is 50.2 Å². The quantitative estimate of drug-likeness (QED) is 0.407. The first-order valence-electron chi connectivity index (χ1n) is 12.9. The van der Waals surface area contributed by atoms with Crippen molar-refractivity contribution in [3.05, 3.63) is 58.9 Å². The fourth-order valence-electron chi connectivity index (χ4n) is 5.03. The highest BCUT2D eigenvalue weighted by Crippen LogP contribution is 2.38. The number of carbonyl (C=O) groups is 2. The third kappa shape index (κ3) is 6.00. The second kappa shape index (κ2) is 10.1. The summed E-state index contributed by atoms with van der Waals surface area (Å²) in [5.74, 6) is 1.15. The van der Waals surface area contributed by atoms with Gasteiger partial charge >= 0.3 is 0 Å². The summed E-state index contributed by atoms with van der Waals surface area (Å²) in [5, 5.41) is 0. The summed E-state index contributed by atoms with van der Waals surface area (Å²) in [6, 6.07) is 7.36. The van der Waals surface area contributed by atoms with E-state index in [1.54, 1.807) is 6.07 Å². The molecule has 186 valence electrons. The molecule has 3 rings (SSSR count). The van der Waals surface area contributed by atoms with Crippen molar-refractivity contribution < 1.29 is 9.59 Å². The standard InChI is InChI=1S/C30H44N2O2/c1-21(2)17-31-14-12-29(5,6)25(19-31)27(33)23-10-9-11-24(16-23)28(34)26-20-32(18-22(3)4)15-13-30(26,7)8/h9-11,16,19-22H,12-15,17-18H2,1-8H3. The van der Waals surface area contributed by atoms with E-state index < -0.39 is 0 Å². The predicted octanol–water partition coefficient (Wildman–Crippen LogP) is 6.60. The maximum Gasteiger partial charge on any atom is 0.191 e. The molecule has 1 aromatic rings. The van der Waals surface area contributed by atoms with Crippen LogP contribution in [-0.4, -0.2) is 47.5 Å². The third-order valence-corrected chi connectivity index (χ3v) is 7.21. The van der Waals surface area contributed by atoms with E-state index in [0.29, 0.717) is 23.0 Å². The van der Waals surface area contributed by atoms with Crippen LogP contribution in [0.25, 0.3) is 0 Å². The Labute approximate surface area is 207 Å². The Morgan fingerprint density at radius 3 is 1.50 bits per heavy atom. The number of rotatable bonds is 8. The molecule has 1 aromatic carbocycles. The Bertz CT molecular complexity index is 906. The van der Waals surface area contributed by atoms with Gasteiger partial charge in [0.15, 0.2) is 11.6 Å². The first kappa shape index (κ1) is 26.2. The summed E-state index contributed by atoms with van der Waals surface area (Å²) >= 11 is 0. The van der Waals surface area contributed by atoms with Crippen molar-refractivity contribution in [1.82, 2.24) is 9.80 Å². The maximum absolute atomic E-state index is 13.7. The van der Waals surface area contributed by atoms with Crippen molar-refractivity contribution in [3.63, 3.8) is 0 Å².